The summed E-state index contributed by atoms with van der Waals surface area (Å²) in [4.78, 5) is 49.0. The fourth-order valence-electron chi connectivity index (χ4n) is 3.90. The van der Waals surface area contributed by atoms with Gasteiger partial charge in [0.2, 0.25) is 0 Å². The molecule has 35 heavy (non-hydrogen) atoms. The van der Waals surface area contributed by atoms with Gasteiger partial charge in [-0.3, -0.25) is 0 Å². The van der Waals surface area contributed by atoms with Gasteiger partial charge in [0.05, 0.1) is 0 Å². The van der Waals surface area contributed by atoms with E-state index in [0.717, 1.165) is 0 Å². The van der Waals surface area contributed by atoms with Crippen LogP contribution in [-0.4, -0.2) is 60.7 Å². The second kappa shape index (κ2) is 8.48. The van der Waals surface area contributed by atoms with Crippen LogP contribution < -0.4 is 6.03 Å². The van der Waals surface area contributed by atoms with Crippen LogP contribution in [0.3, 0.4) is 0 Å². The number of carboxylic acid groups (broad SMARTS) is 3. The molecule has 1 aliphatic rings. The van der Waals surface area contributed by atoms with Gasteiger partial charge in [-0.15, -0.1) is 0 Å². The third-order valence-corrected chi connectivity index (χ3v) is 8.16. The minimum atomic E-state index is -4.20. The molecule has 0 saturated heterocycles. The normalized spacial score (nSPS) is 13.1. The molecule has 11 heteroatoms. The summed E-state index contributed by atoms with van der Waals surface area (Å²) in [5.41, 5.74) is -1.30. The van der Waals surface area contributed by atoms with Crippen LogP contribution in [-0.2, 0) is 3.02 Å². The number of carboxylic acids is 3. The molecule has 174 valence electrons. The molecule has 5 rings (SSSR count). The second-order valence-corrected chi connectivity index (χ2v) is 10.2. The predicted molar refractivity (Wildman–Crippen MR) is 121 cm³/mol. The molecule has 0 atom stereocenters. The molecule has 3 N–H and O–H groups in total. The maximum absolute atomic E-state index is 12.8. The van der Waals surface area contributed by atoms with Crippen molar-refractivity contribution in [3.63, 3.8) is 0 Å². The van der Waals surface area contributed by atoms with Crippen LogP contribution in [0.5, 0.6) is 11.5 Å². The van der Waals surface area contributed by atoms with Gasteiger partial charge < -0.3 is 0 Å². The molecular weight excluding hydrogens is 570 g/mol. The Bertz CT molecular complexity index is 1590. The van der Waals surface area contributed by atoms with Gasteiger partial charge in [0, 0.05) is 0 Å². The number of aromatic carboxylic acids is 3. The number of benzene rings is 4. The van der Waals surface area contributed by atoms with Crippen molar-refractivity contribution < 1.29 is 43.5 Å². The number of carbonyl (C=O) groups excluding carboxylic acids is 1. The van der Waals surface area contributed by atoms with Gasteiger partial charge in [-0.25, -0.2) is 0 Å². The Kier molecular flexibility index (Phi) is 5.45. The van der Waals surface area contributed by atoms with E-state index in [0.29, 0.717) is 16.2 Å². The van der Waals surface area contributed by atoms with Crippen LogP contribution in [0.15, 0.2) is 60.7 Å². The fraction of sp³-hybridized carbons (Fsp3) is 0. The summed E-state index contributed by atoms with van der Waals surface area (Å²) in [5.74, 6) is -5.96. The number of rotatable bonds is 5. The van der Waals surface area contributed by atoms with Crippen molar-refractivity contribution in [3.05, 3.63) is 82.9 Å². The van der Waals surface area contributed by atoms with Gasteiger partial charge in [-0.2, -0.15) is 0 Å². The van der Waals surface area contributed by atoms with Crippen molar-refractivity contribution >= 4 is 66.9 Å². The Balaban J connectivity index is 1.66. The zero-order chi connectivity index (χ0) is 24.9. The molecule has 1 aliphatic heterocycles. The number of hydrogen-bond donors (Lipinski definition) is 3. The van der Waals surface area contributed by atoms with E-state index >= 15 is 0 Å². The van der Waals surface area contributed by atoms with Crippen LogP contribution in [0.4, 0.5) is 0 Å². The predicted octanol–water partition coefficient (Wildman–Crippen LogP) is 3.70. The van der Waals surface area contributed by atoms with Crippen LogP contribution in [0, 0.1) is 0 Å². The molecular formula is C24H13O10Sb. The minimum absolute atomic E-state index is 0.124. The molecule has 0 radical (unpaired) electrons. The van der Waals surface area contributed by atoms with Gasteiger partial charge in [0.15, 0.2) is 0 Å². The van der Waals surface area contributed by atoms with Crippen molar-refractivity contribution in [3.8, 4) is 11.5 Å². The number of fused-ring (bicyclic) bond motifs is 3. The molecule has 0 spiro atoms. The molecule has 1 heterocycles. The standard InChI is InChI=1S/2C12H8O5.Sb/c2*13-10-8(11(14)15)5-6-3-1-2-4-7(6)9(10)12(16)17;/h2*1-5,13H,(H,14,15)(H,16,17);/q;;+3/p-3. The van der Waals surface area contributed by atoms with Crippen LogP contribution >= 0.6 is 0 Å². The Labute approximate surface area is 204 Å². The van der Waals surface area contributed by atoms with Crippen molar-refractivity contribution in [2.75, 3.05) is 0 Å². The number of carbonyl (C=O) groups is 4. The molecule has 0 fully saturated rings. The Hall–Kier alpha value is -4.30. The average Bonchev–Trinajstić information content (AvgIpc) is 2.81. The first-order chi connectivity index (χ1) is 16.8. The second-order valence-electron chi connectivity index (χ2n) is 7.40. The summed E-state index contributed by atoms with van der Waals surface area (Å²) < 4.78 is 16.7. The summed E-state index contributed by atoms with van der Waals surface area (Å²) in [5, 5.41) is 30.8. The Morgan fingerprint density at radius 1 is 0.743 bits per heavy atom. The van der Waals surface area contributed by atoms with E-state index < -0.39 is 62.2 Å². The Morgan fingerprint density at radius 2 is 1.31 bits per heavy atom. The summed E-state index contributed by atoms with van der Waals surface area (Å²) in [6.45, 7) is 0. The monoisotopic (exact) mass is 582 g/mol. The van der Waals surface area contributed by atoms with E-state index in [9.17, 15) is 34.5 Å². The third-order valence-electron chi connectivity index (χ3n) is 5.37. The quantitative estimate of drug-likeness (QED) is 0.296. The topological polar surface area (TPSA) is 157 Å². The molecule has 0 aliphatic carbocycles. The van der Waals surface area contributed by atoms with Gasteiger partial charge in [-0.1, -0.05) is 0 Å². The molecule has 0 amide bonds. The average molecular weight is 583 g/mol. The molecule has 4 aromatic rings. The van der Waals surface area contributed by atoms with Gasteiger partial charge in [-0.05, 0) is 0 Å². The third kappa shape index (κ3) is 3.77. The molecule has 4 aromatic carbocycles. The zero-order valence-electron chi connectivity index (χ0n) is 17.4. The van der Waals surface area contributed by atoms with E-state index in [1.165, 1.54) is 18.2 Å². The summed E-state index contributed by atoms with van der Waals surface area (Å²) >= 11 is -4.20. The van der Waals surface area contributed by atoms with E-state index in [4.69, 9.17) is 9.05 Å². The van der Waals surface area contributed by atoms with E-state index in [1.807, 2.05) is 0 Å². The summed E-state index contributed by atoms with van der Waals surface area (Å²) in [7, 11) is 0. The van der Waals surface area contributed by atoms with Crippen molar-refractivity contribution in [1.29, 1.82) is 0 Å². The van der Waals surface area contributed by atoms with Crippen LogP contribution in [0.25, 0.3) is 21.5 Å². The van der Waals surface area contributed by atoms with E-state index in [-0.39, 0.29) is 22.3 Å². The Morgan fingerprint density at radius 3 is 1.91 bits per heavy atom. The molecule has 0 unspecified atom stereocenters. The maximum atomic E-state index is 12.8. The molecule has 0 aromatic heterocycles. The van der Waals surface area contributed by atoms with Crippen molar-refractivity contribution in [1.82, 2.24) is 0 Å². The fourth-order valence-corrected chi connectivity index (χ4v) is 6.82. The zero-order valence-corrected chi connectivity index (χ0v) is 20.0. The van der Waals surface area contributed by atoms with Crippen LogP contribution in [0.2, 0.25) is 0 Å². The van der Waals surface area contributed by atoms with E-state index in [1.54, 1.807) is 42.5 Å². The summed E-state index contributed by atoms with van der Waals surface area (Å²) in [6.07, 6.45) is 0. The first-order valence-electron chi connectivity index (χ1n) is 9.96. The number of hydrogen-bond acceptors (Lipinski definition) is 7. The SMILES string of the molecule is O=C(O)c1cc2ccccc2c(C(=O)O)c1[O][Sb]1[O]C(=O)c2cc3ccccc3c(C(=O)O)c2[O]1. The van der Waals surface area contributed by atoms with Crippen LogP contribution in [0.1, 0.15) is 41.4 Å². The first-order valence-corrected chi connectivity index (χ1v) is 13.1. The van der Waals surface area contributed by atoms with Gasteiger partial charge in [0.1, 0.15) is 0 Å². The molecule has 10 nitrogen and oxygen atoms in total. The van der Waals surface area contributed by atoms with E-state index in [2.05, 4.69) is 0 Å². The van der Waals surface area contributed by atoms with Gasteiger partial charge in [0.25, 0.3) is 0 Å². The summed E-state index contributed by atoms with van der Waals surface area (Å²) in [6, 6.07) is 15.4. The molecule has 0 saturated carbocycles. The first kappa shape index (κ1) is 22.5. The van der Waals surface area contributed by atoms with Crippen molar-refractivity contribution in [2.24, 2.45) is 0 Å². The van der Waals surface area contributed by atoms with Crippen molar-refractivity contribution in [2.45, 2.75) is 0 Å². The van der Waals surface area contributed by atoms with Gasteiger partial charge >= 0.3 is 205 Å². The molecule has 0 bridgehead atoms.